The van der Waals surface area contributed by atoms with E-state index in [0.717, 1.165) is 0 Å². The number of hydrogen-bond donors (Lipinski definition) is 1. The van der Waals surface area contributed by atoms with Crippen molar-refractivity contribution in [1.29, 1.82) is 5.41 Å². The lowest BCUT2D eigenvalue weighted by Gasteiger charge is -2.05. The van der Waals surface area contributed by atoms with Crippen molar-refractivity contribution in [3.8, 4) is 0 Å². The van der Waals surface area contributed by atoms with Crippen LogP contribution in [0.2, 0.25) is 0 Å². The van der Waals surface area contributed by atoms with Gasteiger partial charge in [0.2, 0.25) is 0 Å². The summed E-state index contributed by atoms with van der Waals surface area (Å²) in [4.78, 5) is 11.3. The predicted octanol–water partition coefficient (Wildman–Crippen LogP) is 0.987. The van der Waals surface area contributed by atoms with Crippen molar-refractivity contribution in [2.45, 2.75) is 12.8 Å². The third-order valence-corrected chi connectivity index (χ3v) is 1.67. The molecule has 0 aliphatic carbocycles. The number of carbonyl (C=O) groups excluding carboxylic acids is 1. The Morgan fingerprint density at radius 3 is 2.38 bits per heavy atom. The summed E-state index contributed by atoms with van der Waals surface area (Å²) in [7, 11) is 0. The highest BCUT2D eigenvalue weighted by Crippen LogP contribution is 2.04. The summed E-state index contributed by atoms with van der Waals surface area (Å²) < 4.78 is 0. The van der Waals surface area contributed by atoms with E-state index in [4.69, 9.17) is 5.41 Å². The molecule has 0 aromatic heterocycles. The first kappa shape index (κ1) is 9.45. The van der Waals surface area contributed by atoms with Gasteiger partial charge in [0.1, 0.15) is 0 Å². The quantitative estimate of drug-likeness (QED) is 0.422. The highest BCUT2D eigenvalue weighted by Gasteiger charge is 2.02. The summed E-state index contributed by atoms with van der Waals surface area (Å²) in [5.41, 5.74) is 0.601. The lowest BCUT2D eigenvalue weighted by molar-refractivity contribution is -0.220. The average Bonchev–Trinajstić information content (AvgIpc) is 2.15. The van der Waals surface area contributed by atoms with Gasteiger partial charge in [0.25, 0.3) is 0 Å². The molecule has 0 aliphatic rings. The lowest BCUT2D eigenvalue weighted by atomic mass is 10.1. The van der Waals surface area contributed by atoms with Crippen LogP contribution >= 0.6 is 0 Å². The van der Waals surface area contributed by atoms with E-state index in [1.807, 2.05) is 6.07 Å². The van der Waals surface area contributed by atoms with E-state index in [1.54, 1.807) is 24.3 Å². The molecule has 0 fully saturated rings. The maximum Gasteiger partial charge on any atom is 0.163 e. The Balaban J connectivity index is 2.54. The van der Waals surface area contributed by atoms with Gasteiger partial charge in [-0.05, 0) is 12.3 Å². The van der Waals surface area contributed by atoms with Crippen molar-refractivity contribution in [1.82, 2.24) is 0 Å². The molecule has 0 spiro atoms. The fraction of sp³-hybridized carbons (Fsp3) is 0.200. The first-order chi connectivity index (χ1) is 6.20. The van der Waals surface area contributed by atoms with Crippen LogP contribution < -0.4 is 5.11 Å². The van der Waals surface area contributed by atoms with Gasteiger partial charge in [0.05, 0.1) is 0 Å². The highest BCUT2D eigenvalue weighted by molar-refractivity contribution is 5.97. The number of nitrogens with one attached hydrogen (secondary N) is 1. The molecule has 0 saturated heterocycles. The van der Waals surface area contributed by atoms with Gasteiger partial charge in [0.15, 0.2) is 5.78 Å². The van der Waals surface area contributed by atoms with E-state index in [2.05, 4.69) is 0 Å². The first-order valence-electron chi connectivity index (χ1n) is 4.03. The topological polar surface area (TPSA) is 64.0 Å². The van der Waals surface area contributed by atoms with Gasteiger partial charge >= 0.3 is 0 Å². The van der Waals surface area contributed by atoms with Crippen molar-refractivity contribution < 1.29 is 9.90 Å². The molecule has 0 unspecified atom stereocenters. The Bertz CT molecular complexity index is 306. The number of hydrogen-bond acceptors (Lipinski definition) is 3. The normalized spacial score (nSPS) is 9.54. The van der Waals surface area contributed by atoms with Crippen LogP contribution in [-0.2, 0) is 0 Å². The molecule has 3 nitrogen and oxygen atoms in total. The monoisotopic (exact) mass is 176 g/mol. The smallest absolute Gasteiger partial charge is 0.163 e. The molecule has 0 heterocycles. The zero-order valence-corrected chi connectivity index (χ0v) is 7.12. The first-order valence-corrected chi connectivity index (χ1v) is 4.03. The molecule has 1 N–H and O–H groups in total. The van der Waals surface area contributed by atoms with Crippen LogP contribution in [0.3, 0.4) is 0 Å². The molecule has 13 heavy (non-hydrogen) atoms. The predicted molar refractivity (Wildman–Crippen MR) is 47.7 cm³/mol. The van der Waals surface area contributed by atoms with E-state index >= 15 is 0 Å². The van der Waals surface area contributed by atoms with Gasteiger partial charge in [-0.15, -0.1) is 0 Å². The van der Waals surface area contributed by atoms with Gasteiger partial charge < -0.3 is 10.5 Å². The van der Waals surface area contributed by atoms with E-state index in [0.29, 0.717) is 5.56 Å². The lowest BCUT2D eigenvalue weighted by Crippen LogP contribution is -2.16. The molecule has 0 saturated carbocycles. The Morgan fingerprint density at radius 2 is 1.85 bits per heavy atom. The second kappa shape index (κ2) is 4.40. The standard InChI is InChI=1S/C10H11NO2/c11-10(13)7-6-9(12)8-4-2-1-3-5-8/h1-5H,6-7H2,(H2,11,13)/p-1. The van der Waals surface area contributed by atoms with Gasteiger partial charge in [-0.1, -0.05) is 30.3 Å². The maximum atomic E-state index is 11.3. The van der Waals surface area contributed by atoms with Gasteiger partial charge in [-0.3, -0.25) is 4.79 Å². The summed E-state index contributed by atoms with van der Waals surface area (Å²) in [6.07, 6.45) is 0.139. The largest absolute Gasteiger partial charge is 0.862 e. The zero-order valence-electron chi connectivity index (χ0n) is 7.12. The van der Waals surface area contributed by atoms with Gasteiger partial charge in [-0.25, -0.2) is 0 Å². The molecule has 0 aliphatic heterocycles. The number of benzene rings is 1. The molecule has 1 aromatic carbocycles. The Hall–Kier alpha value is -1.64. The number of ketones is 1. The molecular formula is C10H10NO2-. The summed E-state index contributed by atoms with van der Waals surface area (Å²) >= 11 is 0. The van der Waals surface area contributed by atoms with Crippen molar-refractivity contribution in [2.75, 3.05) is 0 Å². The second-order valence-electron chi connectivity index (χ2n) is 2.71. The van der Waals surface area contributed by atoms with Crippen LogP contribution in [0.1, 0.15) is 23.2 Å². The van der Waals surface area contributed by atoms with Crippen LogP contribution in [0.25, 0.3) is 0 Å². The minimum atomic E-state index is -0.690. The number of Topliss-reactive ketones (excluding diaryl/α,β-unsaturated/α-hetero) is 1. The third-order valence-electron chi connectivity index (χ3n) is 1.67. The van der Waals surface area contributed by atoms with E-state index in [-0.39, 0.29) is 18.6 Å². The molecular weight excluding hydrogens is 166 g/mol. The summed E-state index contributed by atoms with van der Waals surface area (Å²) in [5, 5.41) is 16.9. The Morgan fingerprint density at radius 1 is 1.23 bits per heavy atom. The molecule has 0 bridgehead atoms. The highest BCUT2D eigenvalue weighted by atomic mass is 16.3. The van der Waals surface area contributed by atoms with Crippen LogP contribution in [0, 0.1) is 5.41 Å². The fourth-order valence-electron chi connectivity index (χ4n) is 0.995. The average molecular weight is 176 g/mol. The Kier molecular flexibility index (Phi) is 3.20. The molecule has 3 heteroatoms. The maximum absolute atomic E-state index is 11.3. The summed E-state index contributed by atoms with van der Waals surface area (Å²) in [6, 6.07) is 8.78. The van der Waals surface area contributed by atoms with Crippen molar-refractivity contribution in [3.05, 3.63) is 35.9 Å². The van der Waals surface area contributed by atoms with E-state index in [9.17, 15) is 9.90 Å². The minimum absolute atomic E-state index is 0.00767. The fourth-order valence-corrected chi connectivity index (χ4v) is 0.995. The van der Waals surface area contributed by atoms with Crippen molar-refractivity contribution in [2.24, 2.45) is 0 Å². The molecule has 68 valence electrons. The van der Waals surface area contributed by atoms with Crippen LogP contribution in [0.5, 0.6) is 0 Å². The van der Waals surface area contributed by atoms with E-state index < -0.39 is 5.90 Å². The SMILES string of the molecule is N=C([O-])CCC(=O)c1ccccc1. The number of rotatable bonds is 4. The summed E-state index contributed by atoms with van der Waals surface area (Å²) in [5.74, 6) is -0.773. The molecule has 0 radical (unpaired) electrons. The minimum Gasteiger partial charge on any atom is -0.862 e. The summed E-state index contributed by atoms with van der Waals surface area (Å²) in [6.45, 7) is 0. The number of carbonyl (C=O) groups is 1. The molecule has 1 rings (SSSR count). The Labute approximate surface area is 76.5 Å². The van der Waals surface area contributed by atoms with Crippen molar-refractivity contribution in [3.63, 3.8) is 0 Å². The van der Waals surface area contributed by atoms with Crippen molar-refractivity contribution >= 4 is 11.7 Å². The molecule has 0 amide bonds. The third kappa shape index (κ3) is 3.07. The van der Waals surface area contributed by atoms with Crippen LogP contribution in [0.4, 0.5) is 0 Å². The molecule has 1 aromatic rings. The zero-order chi connectivity index (χ0) is 9.68. The van der Waals surface area contributed by atoms with E-state index in [1.165, 1.54) is 0 Å². The van der Waals surface area contributed by atoms with Crippen LogP contribution in [-0.4, -0.2) is 11.7 Å². The molecule has 0 atom stereocenters. The van der Waals surface area contributed by atoms with Gasteiger partial charge in [0, 0.05) is 12.0 Å². The van der Waals surface area contributed by atoms with Crippen LogP contribution in [0.15, 0.2) is 30.3 Å². The van der Waals surface area contributed by atoms with Gasteiger partial charge in [-0.2, -0.15) is 0 Å². The second-order valence-corrected chi connectivity index (χ2v) is 2.71.